The van der Waals surface area contributed by atoms with Gasteiger partial charge in [-0.25, -0.2) is 0 Å². The number of alkyl halides is 3. The van der Waals surface area contributed by atoms with Gasteiger partial charge in [-0.15, -0.1) is 0 Å². The van der Waals surface area contributed by atoms with Crippen LogP contribution < -0.4 is 8.92 Å². The van der Waals surface area contributed by atoms with E-state index in [1.165, 1.54) is 24.3 Å². The smallest absolute Gasteiger partial charge is 0.437 e. The molecule has 0 saturated carbocycles. The SMILES string of the molecule is Cc1ccc(S(=O)(=O)Oc2ccc(S(=O)(=O)O/N=C(/c3ccc(Oc4ccccc4)cc3)C(F)(F)F)cc2)cc1. The van der Waals surface area contributed by atoms with Crippen LogP contribution in [0.2, 0.25) is 0 Å². The molecule has 0 heterocycles. The average molecular weight is 592 g/mol. The number of oxime groups is 1. The first kappa shape index (κ1) is 28.6. The van der Waals surface area contributed by atoms with Gasteiger partial charge in [-0.2, -0.15) is 30.0 Å². The molecule has 0 unspecified atom stereocenters. The van der Waals surface area contributed by atoms with Gasteiger partial charge in [0.2, 0.25) is 0 Å². The summed E-state index contributed by atoms with van der Waals surface area (Å²) in [7, 11) is -9.01. The number of benzene rings is 4. The van der Waals surface area contributed by atoms with Gasteiger partial charge in [-0.1, -0.05) is 41.1 Å². The van der Waals surface area contributed by atoms with Crippen molar-refractivity contribution in [3.05, 3.63) is 114 Å². The van der Waals surface area contributed by atoms with E-state index in [-0.39, 0.29) is 16.4 Å². The van der Waals surface area contributed by atoms with Gasteiger partial charge >= 0.3 is 26.4 Å². The molecule has 0 atom stereocenters. The molecule has 8 nitrogen and oxygen atoms in total. The second-order valence-corrected chi connectivity index (χ2v) is 11.3. The van der Waals surface area contributed by atoms with Crippen molar-refractivity contribution in [2.45, 2.75) is 22.9 Å². The Kier molecular flexibility index (Phi) is 8.16. The zero-order chi connectivity index (χ0) is 29.0. The van der Waals surface area contributed by atoms with Crippen LogP contribution in [0.15, 0.2) is 118 Å². The van der Waals surface area contributed by atoms with Crippen molar-refractivity contribution in [2.75, 3.05) is 0 Å². The fourth-order valence-electron chi connectivity index (χ4n) is 3.24. The summed E-state index contributed by atoms with van der Waals surface area (Å²) in [4.78, 5) is -0.698. The maximum absolute atomic E-state index is 13.7. The molecule has 4 aromatic rings. The molecule has 4 rings (SSSR count). The lowest BCUT2D eigenvalue weighted by atomic mass is 10.1. The van der Waals surface area contributed by atoms with Crippen molar-refractivity contribution in [1.29, 1.82) is 0 Å². The Morgan fingerprint density at radius 2 is 1.15 bits per heavy atom. The fraction of sp³-hybridized carbons (Fsp3) is 0.0741. The Hall–Kier alpha value is -4.36. The van der Waals surface area contributed by atoms with E-state index in [0.29, 0.717) is 5.75 Å². The first-order valence-corrected chi connectivity index (χ1v) is 14.2. The zero-order valence-corrected chi connectivity index (χ0v) is 22.2. The fourth-order valence-corrected chi connectivity index (χ4v) is 4.90. The summed E-state index contributed by atoms with van der Waals surface area (Å²) in [5.74, 6) is 0.493. The first-order valence-electron chi connectivity index (χ1n) is 11.4. The van der Waals surface area contributed by atoms with Gasteiger partial charge in [-0.05, 0) is 79.7 Å². The van der Waals surface area contributed by atoms with Crippen LogP contribution in [0.5, 0.6) is 17.2 Å². The molecule has 0 aliphatic carbocycles. The molecule has 13 heteroatoms. The minimum Gasteiger partial charge on any atom is -0.457 e. The molecular weight excluding hydrogens is 571 g/mol. The van der Waals surface area contributed by atoms with Gasteiger partial charge in [-0.3, -0.25) is 4.28 Å². The van der Waals surface area contributed by atoms with Crippen LogP contribution >= 0.6 is 0 Å². The van der Waals surface area contributed by atoms with Crippen molar-refractivity contribution in [1.82, 2.24) is 0 Å². The summed E-state index contributed by atoms with van der Waals surface area (Å²) in [6, 6.07) is 22.9. The number of rotatable bonds is 9. The number of aryl methyl sites for hydroxylation is 1. The number of halogens is 3. The standard InChI is InChI=1S/C27H20F3NO7S2/c1-19-7-15-24(16-8-19)39(32,33)37-23-13-17-25(18-14-23)40(34,35)38-31-26(27(28,29)30)20-9-11-22(12-10-20)36-21-5-3-2-4-6-21/h2-18H,1H3/b31-26-. The number of hydrogen-bond acceptors (Lipinski definition) is 8. The van der Waals surface area contributed by atoms with E-state index in [0.717, 1.165) is 42.0 Å². The van der Waals surface area contributed by atoms with Gasteiger partial charge in [0.15, 0.2) is 5.71 Å². The third kappa shape index (κ3) is 7.18. The van der Waals surface area contributed by atoms with E-state index in [9.17, 15) is 30.0 Å². The molecule has 0 saturated heterocycles. The highest BCUT2D eigenvalue weighted by Gasteiger charge is 2.38. The van der Waals surface area contributed by atoms with E-state index >= 15 is 0 Å². The van der Waals surface area contributed by atoms with E-state index < -0.39 is 42.6 Å². The molecule has 0 aromatic heterocycles. The van der Waals surface area contributed by atoms with Crippen molar-refractivity contribution in [3.8, 4) is 17.2 Å². The third-order valence-electron chi connectivity index (χ3n) is 5.23. The molecule has 0 radical (unpaired) electrons. The molecule has 0 N–H and O–H groups in total. The summed E-state index contributed by atoms with van der Waals surface area (Å²) in [5, 5.41) is 2.89. The number of ether oxygens (including phenoxy) is 1. The van der Waals surface area contributed by atoms with Crippen LogP contribution in [0.25, 0.3) is 0 Å². The Morgan fingerprint density at radius 3 is 1.73 bits per heavy atom. The lowest BCUT2D eigenvalue weighted by molar-refractivity contribution is -0.0597. The Balaban J connectivity index is 1.50. The van der Waals surface area contributed by atoms with Crippen LogP contribution in [0.3, 0.4) is 0 Å². The van der Waals surface area contributed by atoms with Crippen LogP contribution in [0, 0.1) is 6.92 Å². The van der Waals surface area contributed by atoms with Crippen LogP contribution in [0.1, 0.15) is 11.1 Å². The summed E-state index contributed by atoms with van der Waals surface area (Å²) in [5.41, 5.74) is -1.22. The largest absolute Gasteiger partial charge is 0.457 e. The quantitative estimate of drug-likeness (QED) is 0.129. The molecule has 0 aliphatic rings. The van der Waals surface area contributed by atoms with Gasteiger partial charge < -0.3 is 8.92 Å². The Labute approximate surface area is 228 Å². The number of para-hydroxylation sites is 1. The van der Waals surface area contributed by atoms with Crippen LogP contribution in [0.4, 0.5) is 13.2 Å². The average Bonchev–Trinajstić information content (AvgIpc) is 2.90. The van der Waals surface area contributed by atoms with Crippen molar-refractivity contribution in [2.24, 2.45) is 5.16 Å². The molecule has 0 amide bonds. The second kappa shape index (κ2) is 11.4. The van der Waals surface area contributed by atoms with Crippen LogP contribution in [-0.4, -0.2) is 28.7 Å². The van der Waals surface area contributed by atoms with Crippen molar-refractivity contribution < 1.29 is 43.2 Å². The second-order valence-electron chi connectivity index (χ2n) is 8.23. The molecule has 0 bridgehead atoms. The van der Waals surface area contributed by atoms with E-state index in [2.05, 4.69) is 9.44 Å². The molecule has 40 heavy (non-hydrogen) atoms. The van der Waals surface area contributed by atoms with Crippen molar-refractivity contribution >= 4 is 25.9 Å². The summed E-state index contributed by atoms with van der Waals surface area (Å²) in [6.45, 7) is 1.78. The molecular formula is C27H20F3NO7S2. The van der Waals surface area contributed by atoms with E-state index in [4.69, 9.17) is 8.92 Å². The molecule has 0 aliphatic heterocycles. The lowest BCUT2D eigenvalue weighted by Crippen LogP contribution is -2.25. The predicted octanol–water partition coefficient (Wildman–Crippen LogP) is 6.23. The topological polar surface area (TPSA) is 108 Å². The lowest BCUT2D eigenvalue weighted by Gasteiger charge is -2.12. The molecule has 208 valence electrons. The zero-order valence-electron chi connectivity index (χ0n) is 20.6. The molecule has 4 aromatic carbocycles. The maximum Gasteiger partial charge on any atom is 0.437 e. The van der Waals surface area contributed by atoms with Gasteiger partial charge in [0.05, 0.1) is 0 Å². The number of nitrogens with zero attached hydrogens (tertiary/aromatic N) is 1. The Bertz CT molecular complexity index is 1700. The van der Waals surface area contributed by atoms with Gasteiger partial charge in [0.25, 0.3) is 0 Å². The van der Waals surface area contributed by atoms with E-state index in [1.807, 2.05) is 0 Å². The van der Waals surface area contributed by atoms with Gasteiger partial charge in [0.1, 0.15) is 27.0 Å². The monoisotopic (exact) mass is 591 g/mol. The highest BCUT2D eigenvalue weighted by atomic mass is 32.2. The normalized spacial score (nSPS) is 12.6. The van der Waals surface area contributed by atoms with Crippen molar-refractivity contribution in [3.63, 3.8) is 0 Å². The highest BCUT2D eigenvalue weighted by molar-refractivity contribution is 7.87. The molecule has 0 spiro atoms. The van der Waals surface area contributed by atoms with Crippen LogP contribution in [-0.2, 0) is 24.5 Å². The maximum atomic E-state index is 13.7. The highest BCUT2D eigenvalue weighted by Crippen LogP contribution is 2.28. The molecule has 0 fully saturated rings. The first-order chi connectivity index (χ1) is 18.8. The Morgan fingerprint density at radius 1 is 0.650 bits per heavy atom. The summed E-state index contributed by atoms with van der Waals surface area (Å²) in [6.07, 6.45) is -5.06. The predicted molar refractivity (Wildman–Crippen MR) is 139 cm³/mol. The number of hydrogen-bond donors (Lipinski definition) is 0. The summed E-state index contributed by atoms with van der Waals surface area (Å²) < 4.78 is 106. The van der Waals surface area contributed by atoms with Gasteiger partial charge in [0, 0.05) is 5.56 Å². The third-order valence-corrected chi connectivity index (χ3v) is 7.61. The van der Waals surface area contributed by atoms with E-state index in [1.54, 1.807) is 49.4 Å². The minimum absolute atomic E-state index is 0.119. The minimum atomic E-state index is -5.06. The summed E-state index contributed by atoms with van der Waals surface area (Å²) >= 11 is 0.